The van der Waals surface area contributed by atoms with Crippen LogP contribution in [0.5, 0.6) is 5.75 Å². The fraction of sp³-hybridized carbons (Fsp3) is 0.160. The molecule has 0 fully saturated rings. The zero-order chi connectivity index (χ0) is 23.5. The molecule has 33 heavy (non-hydrogen) atoms. The largest absolute Gasteiger partial charge is 0.494 e. The summed E-state index contributed by atoms with van der Waals surface area (Å²) < 4.78 is 5.36. The number of nitrogens with one attached hydrogen (secondary N) is 1. The number of hydrogen-bond donors (Lipinski definition) is 1. The van der Waals surface area contributed by atoms with Gasteiger partial charge in [-0.25, -0.2) is 4.98 Å². The molecule has 0 saturated heterocycles. The number of rotatable bonds is 6. The highest BCUT2D eigenvalue weighted by Gasteiger charge is 2.21. The lowest BCUT2D eigenvalue weighted by Crippen LogP contribution is -2.14. The summed E-state index contributed by atoms with van der Waals surface area (Å²) >= 11 is 0. The first kappa shape index (κ1) is 21.9. The van der Waals surface area contributed by atoms with Crippen molar-refractivity contribution in [2.45, 2.75) is 20.8 Å². The third-order valence-electron chi connectivity index (χ3n) is 5.45. The predicted molar refractivity (Wildman–Crippen MR) is 127 cm³/mol. The number of carbonyl (C=O) groups is 1. The Morgan fingerprint density at radius 3 is 2.55 bits per heavy atom. The number of aromatic nitrogens is 2. The van der Waals surface area contributed by atoms with Crippen LogP contribution in [0.15, 0.2) is 60.9 Å². The first-order valence-corrected chi connectivity index (χ1v) is 10.4. The van der Waals surface area contributed by atoms with E-state index < -0.39 is 10.8 Å². The number of aryl methyl sites for hydroxylation is 2. The molecule has 4 rings (SSSR count). The van der Waals surface area contributed by atoms with Gasteiger partial charge in [-0.1, -0.05) is 12.1 Å². The second-order valence-corrected chi connectivity index (χ2v) is 7.52. The zero-order valence-corrected chi connectivity index (χ0v) is 18.5. The summed E-state index contributed by atoms with van der Waals surface area (Å²) in [6.45, 7) is 6.11. The lowest BCUT2D eigenvalue weighted by atomic mass is 9.99. The van der Waals surface area contributed by atoms with Crippen molar-refractivity contribution in [1.82, 2.24) is 9.97 Å². The molecule has 0 bridgehead atoms. The molecule has 166 valence electrons. The maximum Gasteiger partial charge on any atom is 0.296 e. The van der Waals surface area contributed by atoms with Gasteiger partial charge in [0.05, 0.1) is 34.4 Å². The number of anilines is 1. The number of nitrogens with zero attached hydrogens (tertiary/aromatic N) is 3. The summed E-state index contributed by atoms with van der Waals surface area (Å²) in [4.78, 5) is 33.3. The summed E-state index contributed by atoms with van der Waals surface area (Å²) in [5, 5.41) is 15.0. The Hall–Kier alpha value is -4.33. The van der Waals surface area contributed by atoms with E-state index in [2.05, 4.69) is 10.3 Å². The van der Waals surface area contributed by atoms with E-state index in [-0.39, 0.29) is 11.4 Å². The molecule has 0 saturated carbocycles. The third kappa shape index (κ3) is 4.36. The lowest BCUT2D eigenvalue weighted by molar-refractivity contribution is -0.384. The fourth-order valence-electron chi connectivity index (χ4n) is 3.60. The summed E-state index contributed by atoms with van der Waals surface area (Å²) in [6.07, 6.45) is 3.32. The van der Waals surface area contributed by atoms with Gasteiger partial charge in [0, 0.05) is 23.3 Å². The maximum absolute atomic E-state index is 13.4. The van der Waals surface area contributed by atoms with Gasteiger partial charge >= 0.3 is 0 Å². The van der Waals surface area contributed by atoms with Crippen molar-refractivity contribution in [3.8, 4) is 17.0 Å². The van der Waals surface area contributed by atoms with Gasteiger partial charge in [-0.15, -0.1) is 0 Å². The van der Waals surface area contributed by atoms with E-state index in [1.165, 1.54) is 12.1 Å². The SMILES string of the molecule is CCOc1ccc(NC(=O)c2cc(-c3ccncc3)nc3c(C)c(C)ccc23)c([N+](=O)[O-])c1. The molecule has 0 aliphatic heterocycles. The molecule has 8 heteroatoms. The maximum atomic E-state index is 13.4. The van der Waals surface area contributed by atoms with E-state index >= 15 is 0 Å². The van der Waals surface area contributed by atoms with Crippen LogP contribution in [0.2, 0.25) is 0 Å². The molecule has 2 aromatic carbocycles. The Morgan fingerprint density at radius 2 is 1.85 bits per heavy atom. The normalized spacial score (nSPS) is 10.8. The van der Waals surface area contributed by atoms with Crippen molar-refractivity contribution in [3.05, 3.63) is 87.7 Å². The standard InChI is InChI=1S/C25H22N4O4/c1-4-33-18-6-8-21(23(13-18)29(31)32)28-25(30)20-14-22(17-9-11-26-12-10-17)27-24-16(3)15(2)5-7-19(20)24/h5-14H,4H2,1-3H3,(H,28,30). The molecule has 0 aliphatic carbocycles. The summed E-state index contributed by atoms with van der Waals surface area (Å²) in [6, 6.07) is 13.5. The smallest absolute Gasteiger partial charge is 0.296 e. The van der Waals surface area contributed by atoms with Crippen molar-refractivity contribution < 1.29 is 14.5 Å². The van der Waals surface area contributed by atoms with Crippen LogP contribution in [0.4, 0.5) is 11.4 Å². The van der Waals surface area contributed by atoms with Crippen LogP contribution in [-0.2, 0) is 0 Å². The summed E-state index contributed by atoms with van der Waals surface area (Å²) in [7, 11) is 0. The lowest BCUT2D eigenvalue weighted by Gasteiger charge is -2.13. The molecule has 0 spiro atoms. The van der Waals surface area contributed by atoms with E-state index in [4.69, 9.17) is 9.72 Å². The average molecular weight is 442 g/mol. The number of nitro benzene ring substituents is 1. The number of benzene rings is 2. The minimum absolute atomic E-state index is 0.0905. The zero-order valence-electron chi connectivity index (χ0n) is 18.5. The molecular weight excluding hydrogens is 420 g/mol. The molecule has 4 aromatic rings. The number of carbonyl (C=O) groups excluding carboxylic acids is 1. The molecule has 2 heterocycles. The number of hydrogen-bond acceptors (Lipinski definition) is 6. The van der Waals surface area contributed by atoms with Gasteiger partial charge in [0.1, 0.15) is 11.4 Å². The van der Waals surface area contributed by atoms with E-state index in [0.29, 0.717) is 34.5 Å². The van der Waals surface area contributed by atoms with Crippen molar-refractivity contribution in [3.63, 3.8) is 0 Å². The molecule has 0 aliphatic rings. The highest BCUT2D eigenvalue weighted by atomic mass is 16.6. The summed E-state index contributed by atoms with van der Waals surface area (Å²) in [5.74, 6) is -0.101. The Balaban J connectivity index is 1.83. The second kappa shape index (κ2) is 9.04. The minimum atomic E-state index is -0.543. The van der Waals surface area contributed by atoms with Crippen molar-refractivity contribution in [1.29, 1.82) is 0 Å². The quantitative estimate of drug-likeness (QED) is 0.313. The predicted octanol–water partition coefficient (Wildman–Crippen LogP) is 5.47. The van der Waals surface area contributed by atoms with E-state index in [0.717, 1.165) is 16.7 Å². The van der Waals surface area contributed by atoms with Crippen LogP contribution in [-0.4, -0.2) is 27.4 Å². The van der Waals surface area contributed by atoms with Gasteiger partial charge in [-0.3, -0.25) is 19.9 Å². The minimum Gasteiger partial charge on any atom is -0.494 e. The Morgan fingerprint density at radius 1 is 1.09 bits per heavy atom. The first-order chi connectivity index (χ1) is 15.9. The van der Waals surface area contributed by atoms with Crippen LogP contribution < -0.4 is 10.1 Å². The van der Waals surface area contributed by atoms with Crippen LogP contribution in [0.3, 0.4) is 0 Å². The molecule has 1 N–H and O–H groups in total. The second-order valence-electron chi connectivity index (χ2n) is 7.52. The van der Waals surface area contributed by atoms with Gasteiger partial charge < -0.3 is 10.1 Å². The monoisotopic (exact) mass is 442 g/mol. The highest BCUT2D eigenvalue weighted by molar-refractivity contribution is 6.14. The van der Waals surface area contributed by atoms with Crippen molar-refractivity contribution >= 4 is 28.2 Å². The van der Waals surface area contributed by atoms with Gasteiger partial charge in [-0.05, 0) is 62.2 Å². The molecular formula is C25H22N4O4. The summed E-state index contributed by atoms with van der Waals surface area (Å²) in [5.41, 5.74) is 4.37. The fourth-order valence-corrected chi connectivity index (χ4v) is 3.60. The average Bonchev–Trinajstić information content (AvgIpc) is 2.82. The number of nitro groups is 1. The Labute approximate surface area is 190 Å². The number of amides is 1. The van der Waals surface area contributed by atoms with Crippen LogP contribution in [0.25, 0.3) is 22.2 Å². The van der Waals surface area contributed by atoms with Crippen LogP contribution in [0.1, 0.15) is 28.4 Å². The van der Waals surface area contributed by atoms with Gasteiger partial charge in [0.25, 0.3) is 11.6 Å². The van der Waals surface area contributed by atoms with Crippen molar-refractivity contribution in [2.24, 2.45) is 0 Å². The van der Waals surface area contributed by atoms with Crippen molar-refractivity contribution in [2.75, 3.05) is 11.9 Å². The van der Waals surface area contributed by atoms with E-state index in [1.54, 1.807) is 31.5 Å². The van der Waals surface area contributed by atoms with Gasteiger partial charge in [0.15, 0.2) is 0 Å². The Bertz CT molecular complexity index is 1370. The van der Waals surface area contributed by atoms with E-state index in [9.17, 15) is 14.9 Å². The van der Waals surface area contributed by atoms with Gasteiger partial charge in [-0.2, -0.15) is 0 Å². The van der Waals surface area contributed by atoms with Crippen LogP contribution in [0, 0.1) is 24.0 Å². The molecule has 0 atom stereocenters. The molecule has 0 unspecified atom stereocenters. The molecule has 8 nitrogen and oxygen atoms in total. The molecule has 2 aromatic heterocycles. The first-order valence-electron chi connectivity index (χ1n) is 10.4. The van der Waals surface area contributed by atoms with Gasteiger partial charge in [0.2, 0.25) is 0 Å². The van der Waals surface area contributed by atoms with E-state index in [1.807, 2.05) is 38.1 Å². The number of pyridine rings is 2. The number of ether oxygens (including phenoxy) is 1. The number of fused-ring (bicyclic) bond motifs is 1. The third-order valence-corrected chi connectivity index (χ3v) is 5.45. The molecule has 0 radical (unpaired) electrons. The van der Waals surface area contributed by atoms with Crippen LogP contribution >= 0.6 is 0 Å². The topological polar surface area (TPSA) is 107 Å². The highest BCUT2D eigenvalue weighted by Crippen LogP contribution is 2.32. The Kier molecular flexibility index (Phi) is 5.99. The molecule has 1 amide bonds.